The van der Waals surface area contributed by atoms with Crippen LogP contribution in [0.25, 0.3) is 0 Å². The van der Waals surface area contributed by atoms with E-state index >= 15 is 0 Å². The predicted molar refractivity (Wildman–Crippen MR) is 93.7 cm³/mol. The van der Waals surface area contributed by atoms with Crippen LogP contribution < -0.4 is 0 Å². The van der Waals surface area contributed by atoms with Crippen molar-refractivity contribution in [2.45, 2.75) is 70.4 Å². The van der Waals surface area contributed by atoms with Crippen molar-refractivity contribution in [1.82, 2.24) is 30.0 Å². The molecule has 1 aromatic heterocycles. The zero-order chi connectivity index (χ0) is 17.1. The molecule has 25 heavy (non-hydrogen) atoms. The molecule has 0 atom stereocenters. The van der Waals surface area contributed by atoms with Gasteiger partial charge in [0.05, 0.1) is 0 Å². The van der Waals surface area contributed by atoms with Crippen LogP contribution in [0, 0.1) is 5.41 Å². The highest BCUT2D eigenvalue weighted by Crippen LogP contribution is 2.42. The Labute approximate surface area is 149 Å². The number of aryl methyl sites for hydroxylation is 1. The number of hydrogen-bond acceptors (Lipinski definition) is 5. The van der Waals surface area contributed by atoms with Crippen molar-refractivity contribution in [3.05, 3.63) is 6.33 Å². The van der Waals surface area contributed by atoms with Gasteiger partial charge in [-0.15, -0.1) is 5.10 Å². The van der Waals surface area contributed by atoms with Crippen molar-refractivity contribution in [2.24, 2.45) is 5.41 Å². The number of nitrogens with zero attached hydrogens (tertiary/aromatic N) is 6. The largest absolute Gasteiger partial charge is 0.339 e. The summed E-state index contributed by atoms with van der Waals surface area (Å²) in [5.41, 5.74) is 0.392. The van der Waals surface area contributed by atoms with Crippen LogP contribution in [0.3, 0.4) is 0 Å². The fraction of sp³-hybridized carbons (Fsp3) is 0.889. The molecule has 1 saturated carbocycles. The van der Waals surface area contributed by atoms with Crippen LogP contribution in [0.5, 0.6) is 0 Å². The average Bonchev–Trinajstić information content (AvgIpc) is 3.33. The van der Waals surface area contributed by atoms with E-state index in [2.05, 4.69) is 25.3 Å². The van der Waals surface area contributed by atoms with Crippen LogP contribution in [0.1, 0.15) is 57.8 Å². The Morgan fingerprint density at radius 3 is 2.64 bits per heavy atom. The highest BCUT2D eigenvalue weighted by Gasteiger charge is 2.43. The van der Waals surface area contributed by atoms with Crippen LogP contribution in [-0.2, 0) is 11.3 Å². The second kappa shape index (κ2) is 7.40. The van der Waals surface area contributed by atoms with E-state index in [9.17, 15) is 4.79 Å². The molecule has 0 aromatic carbocycles. The predicted octanol–water partition coefficient (Wildman–Crippen LogP) is 1.71. The molecule has 138 valence electrons. The molecule has 4 rings (SSSR count). The lowest BCUT2D eigenvalue weighted by atomic mass is 9.72. The Balaban J connectivity index is 1.26. The molecule has 7 heteroatoms. The molecule has 3 fully saturated rings. The molecule has 2 saturated heterocycles. The topological polar surface area (TPSA) is 67.2 Å². The zero-order valence-electron chi connectivity index (χ0n) is 15.1. The number of piperidine rings is 2. The third-order valence-electron chi connectivity index (χ3n) is 6.63. The number of rotatable bonds is 5. The summed E-state index contributed by atoms with van der Waals surface area (Å²) in [6.07, 6.45) is 12.2. The molecular weight excluding hydrogens is 316 g/mol. The summed E-state index contributed by atoms with van der Waals surface area (Å²) >= 11 is 0. The second-order valence-corrected chi connectivity index (χ2v) is 8.23. The van der Waals surface area contributed by atoms with E-state index < -0.39 is 0 Å². The second-order valence-electron chi connectivity index (χ2n) is 8.23. The number of amides is 1. The Morgan fingerprint density at radius 1 is 1.12 bits per heavy atom. The molecule has 0 N–H and O–H groups in total. The van der Waals surface area contributed by atoms with Crippen molar-refractivity contribution >= 4 is 5.91 Å². The third kappa shape index (κ3) is 3.86. The summed E-state index contributed by atoms with van der Waals surface area (Å²) in [6, 6.07) is 0.541. The molecule has 3 heterocycles. The number of tetrazole rings is 1. The molecule has 3 aliphatic rings. The van der Waals surface area contributed by atoms with E-state index in [0.717, 1.165) is 38.9 Å². The van der Waals surface area contributed by atoms with Gasteiger partial charge in [-0.3, -0.25) is 4.79 Å². The fourth-order valence-corrected chi connectivity index (χ4v) is 4.99. The van der Waals surface area contributed by atoms with Crippen molar-refractivity contribution < 1.29 is 4.79 Å². The normalized spacial score (nSPS) is 25.1. The van der Waals surface area contributed by atoms with E-state index in [-0.39, 0.29) is 0 Å². The molecule has 0 unspecified atom stereocenters. The summed E-state index contributed by atoms with van der Waals surface area (Å²) in [6.45, 7) is 5.36. The average molecular weight is 346 g/mol. The van der Waals surface area contributed by atoms with Crippen molar-refractivity contribution in [2.75, 3.05) is 26.2 Å². The Morgan fingerprint density at radius 2 is 1.92 bits per heavy atom. The minimum atomic E-state index is 0.392. The molecule has 1 amide bonds. The molecule has 2 aliphatic heterocycles. The molecule has 0 radical (unpaired) electrons. The lowest BCUT2D eigenvalue weighted by Crippen LogP contribution is -2.54. The molecule has 7 nitrogen and oxygen atoms in total. The van der Waals surface area contributed by atoms with E-state index in [1.54, 1.807) is 11.0 Å². The Bertz CT molecular complexity index is 560. The van der Waals surface area contributed by atoms with Crippen LogP contribution in [0.4, 0.5) is 0 Å². The summed E-state index contributed by atoms with van der Waals surface area (Å²) < 4.78 is 1.80. The zero-order valence-corrected chi connectivity index (χ0v) is 15.1. The van der Waals surface area contributed by atoms with Gasteiger partial charge in [-0.25, -0.2) is 4.68 Å². The minimum Gasteiger partial charge on any atom is -0.339 e. The molecule has 1 aromatic rings. The van der Waals surface area contributed by atoms with Gasteiger partial charge in [0.15, 0.2) is 0 Å². The standard InChI is InChI=1S/C18H30N6O/c25-17-6-7-18(14-24(17)16-4-1-2-5-16)8-12-22(13-9-18)10-3-11-23-15-19-20-21-23/h15-16H,1-14H2. The van der Waals surface area contributed by atoms with Crippen molar-refractivity contribution in [3.8, 4) is 0 Å². The SMILES string of the molecule is O=C1CCC2(CCN(CCCn3cnnn3)CC2)CN1C1CCCC1. The van der Waals surface area contributed by atoms with Gasteiger partial charge < -0.3 is 9.80 Å². The molecular formula is C18H30N6O. The summed E-state index contributed by atoms with van der Waals surface area (Å²) in [5, 5.41) is 11.3. The number of carbonyl (C=O) groups is 1. The van der Waals surface area contributed by atoms with E-state index in [4.69, 9.17) is 0 Å². The first-order chi connectivity index (χ1) is 12.2. The first-order valence-corrected chi connectivity index (χ1v) is 9.97. The first-order valence-electron chi connectivity index (χ1n) is 9.97. The van der Waals surface area contributed by atoms with E-state index in [0.29, 0.717) is 17.4 Å². The quantitative estimate of drug-likeness (QED) is 0.812. The van der Waals surface area contributed by atoms with Gasteiger partial charge in [-0.05, 0) is 74.0 Å². The van der Waals surface area contributed by atoms with Gasteiger partial charge in [0.2, 0.25) is 5.91 Å². The summed E-state index contributed by atoms with van der Waals surface area (Å²) in [4.78, 5) is 17.3. The lowest BCUT2D eigenvalue weighted by molar-refractivity contribution is -0.142. The highest BCUT2D eigenvalue weighted by molar-refractivity contribution is 5.77. The van der Waals surface area contributed by atoms with Crippen LogP contribution in [0.15, 0.2) is 6.33 Å². The summed E-state index contributed by atoms with van der Waals surface area (Å²) in [5.74, 6) is 0.418. The van der Waals surface area contributed by atoms with Gasteiger partial charge in [0, 0.05) is 25.6 Å². The Hall–Kier alpha value is -1.50. The number of likely N-dealkylation sites (tertiary alicyclic amines) is 2. The number of hydrogen-bond donors (Lipinski definition) is 0. The molecule has 1 spiro atoms. The van der Waals surface area contributed by atoms with Gasteiger partial charge >= 0.3 is 0 Å². The van der Waals surface area contributed by atoms with E-state index in [1.807, 2.05) is 0 Å². The van der Waals surface area contributed by atoms with Crippen molar-refractivity contribution in [3.63, 3.8) is 0 Å². The maximum Gasteiger partial charge on any atom is 0.222 e. The van der Waals surface area contributed by atoms with Gasteiger partial charge in [0.1, 0.15) is 6.33 Å². The Kier molecular flexibility index (Phi) is 5.01. The number of carbonyl (C=O) groups excluding carboxylic acids is 1. The lowest BCUT2D eigenvalue weighted by Gasteiger charge is -2.49. The highest BCUT2D eigenvalue weighted by atomic mass is 16.2. The van der Waals surface area contributed by atoms with E-state index in [1.165, 1.54) is 51.6 Å². The maximum atomic E-state index is 12.4. The van der Waals surface area contributed by atoms with Crippen LogP contribution >= 0.6 is 0 Å². The maximum absolute atomic E-state index is 12.4. The van der Waals surface area contributed by atoms with Crippen LogP contribution in [-0.4, -0.2) is 68.1 Å². The minimum absolute atomic E-state index is 0.392. The monoisotopic (exact) mass is 346 g/mol. The van der Waals surface area contributed by atoms with Gasteiger partial charge in [-0.1, -0.05) is 12.8 Å². The fourth-order valence-electron chi connectivity index (χ4n) is 4.99. The van der Waals surface area contributed by atoms with Crippen LogP contribution in [0.2, 0.25) is 0 Å². The van der Waals surface area contributed by atoms with Gasteiger partial charge in [-0.2, -0.15) is 0 Å². The van der Waals surface area contributed by atoms with Crippen molar-refractivity contribution in [1.29, 1.82) is 0 Å². The number of aromatic nitrogens is 4. The summed E-state index contributed by atoms with van der Waals surface area (Å²) in [7, 11) is 0. The smallest absolute Gasteiger partial charge is 0.222 e. The van der Waals surface area contributed by atoms with Gasteiger partial charge in [0.25, 0.3) is 0 Å². The molecule has 1 aliphatic carbocycles. The molecule has 0 bridgehead atoms. The third-order valence-corrected chi connectivity index (χ3v) is 6.63. The first kappa shape index (κ1) is 16.9.